The van der Waals surface area contributed by atoms with Gasteiger partial charge in [0.05, 0.1) is 0 Å². The standard InChI is InChI=1S/2C7H9.C6H11.CH3.2ClH.Zr/c2*1-6-4-3-5-7(6)2;1-2-4-6-5-3-1;;;;/h2*3-5H,1-2H3;1H,2-6H2;1H3;2*1H;/q4*-1;;;+4. The summed E-state index contributed by atoms with van der Waals surface area (Å²) in [7, 11) is 0. The molecule has 0 radical (unpaired) electrons. The van der Waals surface area contributed by atoms with Gasteiger partial charge in [-0.15, -0.1) is 24.8 Å². The minimum absolute atomic E-state index is 0. The smallest absolute Gasteiger partial charge is 0.358 e. The molecule has 3 heteroatoms. The molecule has 3 rings (SSSR count). The number of halogens is 2. The fourth-order valence-corrected chi connectivity index (χ4v) is 2.10. The molecule has 0 bridgehead atoms. The maximum atomic E-state index is 2.39. The van der Waals surface area contributed by atoms with Gasteiger partial charge in [0.25, 0.3) is 0 Å². The molecule has 1 aliphatic rings. The van der Waals surface area contributed by atoms with E-state index in [9.17, 15) is 0 Å². The van der Waals surface area contributed by atoms with E-state index < -0.39 is 0 Å². The van der Waals surface area contributed by atoms with Gasteiger partial charge < -0.3 is 13.8 Å². The molecule has 0 aliphatic heterocycles. The molecule has 0 unspecified atom stereocenters. The molecule has 136 valence electrons. The van der Waals surface area contributed by atoms with Gasteiger partial charge in [-0.3, -0.25) is 0 Å². The second-order valence-corrected chi connectivity index (χ2v) is 5.71. The van der Waals surface area contributed by atoms with Gasteiger partial charge >= 0.3 is 26.2 Å². The van der Waals surface area contributed by atoms with Crippen LogP contribution in [0.1, 0.15) is 54.4 Å². The maximum Gasteiger partial charge on any atom is 4.00 e. The molecule has 1 aliphatic carbocycles. The molecule has 0 heterocycles. The van der Waals surface area contributed by atoms with Gasteiger partial charge in [-0.2, -0.15) is 59.4 Å². The van der Waals surface area contributed by atoms with Gasteiger partial charge in [-0.1, -0.05) is 47.0 Å². The second-order valence-electron chi connectivity index (χ2n) is 5.71. The predicted octanol–water partition coefficient (Wildman–Crippen LogP) is 7.49. The molecule has 0 amide bonds. The molecular formula is C21H34Cl2Zr. The molecule has 0 nitrogen and oxygen atoms in total. The Kier molecular flexibility index (Phi) is 25.9. The fraction of sp³-hybridized carbons (Fsp3) is 0.429. The summed E-state index contributed by atoms with van der Waals surface area (Å²) in [4.78, 5) is 0. The first kappa shape index (κ1) is 31.9. The van der Waals surface area contributed by atoms with Crippen molar-refractivity contribution in [2.75, 3.05) is 0 Å². The monoisotopic (exact) mass is 446 g/mol. The van der Waals surface area contributed by atoms with Crippen LogP contribution in [0.25, 0.3) is 0 Å². The van der Waals surface area contributed by atoms with Crippen molar-refractivity contribution in [2.45, 2.75) is 59.8 Å². The third-order valence-corrected chi connectivity index (χ3v) is 3.95. The fourth-order valence-electron chi connectivity index (χ4n) is 2.10. The molecule has 1 saturated carbocycles. The van der Waals surface area contributed by atoms with Crippen molar-refractivity contribution in [3.8, 4) is 0 Å². The molecule has 1 fully saturated rings. The average molecular weight is 449 g/mol. The zero-order chi connectivity index (χ0) is 14.8. The first-order chi connectivity index (χ1) is 9.61. The molecule has 0 N–H and O–H groups in total. The zero-order valence-electron chi connectivity index (χ0n) is 15.9. The Balaban J connectivity index is -0.000000116. The van der Waals surface area contributed by atoms with Gasteiger partial charge in [0, 0.05) is 0 Å². The van der Waals surface area contributed by atoms with Crippen LogP contribution in [-0.4, -0.2) is 0 Å². The van der Waals surface area contributed by atoms with Crippen LogP contribution in [0.2, 0.25) is 0 Å². The number of rotatable bonds is 0. The molecular weight excluding hydrogens is 414 g/mol. The van der Waals surface area contributed by atoms with E-state index in [0.29, 0.717) is 0 Å². The van der Waals surface area contributed by atoms with E-state index in [1.54, 1.807) is 0 Å². The van der Waals surface area contributed by atoms with Gasteiger partial charge in [-0.25, -0.2) is 12.1 Å². The molecule has 2 aromatic rings. The Morgan fingerprint density at radius 3 is 1.17 bits per heavy atom. The van der Waals surface area contributed by atoms with Crippen molar-refractivity contribution in [2.24, 2.45) is 0 Å². The van der Waals surface area contributed by atoms with Crippen LogP contribution in [0, 0.1) is 41.5 Å². The van der Waals surface area contributed by atoms with Crippen molar-refractivity contribution in [3.63, 3.8) is 0 Å². The molecule has 0 saturated heterocycles. The van der Waals surface area contributed by atoms with Crippen LogP contribution in [0.5, 0.6) is 0 Å². The Labute approximate surface area is 182 Å². The summed E-state index contributed by atoms with van der Waals surface area (Å²) in [5.74, 6) is 0. The molecule has 0 spiro atoms. The minimum atomic E-state index is 0. The number of hydrogen-bond donors (Lipinski definition) is 0. The molecule has 2 aromatic carbocycles. The molecule has 0 aromatic heterocycles. The Hall–Kier alpha value is 0.163. The van der Waals surface area contributed by atoms with E-state index in [1.165, 1.54) is 54.4 Å². The third kappa shape index (κ3) is 14.5. The van der Waals surface area contributed by atoms with Crippen LogP contribution in [0.15, 0.2) is 36.4 Å². The molecule has 24 heavy (non-hydrogen) atoms. The Morgan fingerprint density at radius 2 is 1.08 bits per heavy atom. The van der Waals surface area contributed by atoms with E-state index in [-0.39, 0.29) is 58.4 Å². The van der Waals surface area contributed by atoms with Gasteiger partial charge in [0.1, 0.15) is 0 Å². The topological polar surface area (TPSA) is 0 Å². The van der Waals surface area contributed by atoms with E-state index in [4.69, 9.17) is 0 Å². The van der Waals surface area contributed by atoms with Gasteiger partial charge in [0.2, 0.25) is 0 Å². The third-order valence-electron chi connectivity index (χ3n) is 3.95. The van der Waals surface area contributed by atoms with Crippen LogP contribution in [0.3, 0.4) is 0 Å². The summed E-state index contributed by atoms with van der Waals surface area (Å²) in [5.41, 5.74) is 5.56. The summed E-state index contributed by atoms with van der Waals surface area (Å²) in [6.07, 6.45) is 9.50. The zero-order valence-corrected chi connectivity index (χ0v) is 20.0. The predicted molar refractivity (Wildman–Crippen MR) is 111 cm³/mol. The van der Waals surface area contributed by atoms with Crippen LogP contribution in [0.4, 0.5) is 0 Å². The van der Waals surface area contributed by atoms with E-state index >= 15 is 0 Å². The number of hydrogen-bond acceptors (Lipinski definition) is 0. The van der Waals surface area contributed by atoms with Crippen molar-refractivity contribution in [1.82, 2.24) is 0 Å². The van der Waals surface area contributed by atoms with Crippen molar-refractivity contribution in [3.05, 3.63) is 72.5 Å². The van der Waals surface area contributed by atoms with E-state index in [0.717, 1.165) is 0 Å². The summed E-state index contributed by atoms with van der Waals surface area (Å²) in [6.45, 7) is 8.48. The van der Waals surface area contributed by atoms with Crippen LogP contribution in [-0.2, 0) is 26.2 Å². The Bertz CT molecular complexity index is 385. The molecule has 0 atom stereocenters. The first-order valence-electron chi connectivity index (χ1n) is 7.80. The van der Waals surface area contributed by atoms with E-state index in [2.05, 4.69) is 70.5 Å². The summed E-state index contributed by atoms with van der Waals surface area (Å²) < 4.78 is 0. The van der Waals surface area contributed by atoms with Crippen LogP contribution >= 0.6 is 24.8 Å². The van der Waals surface area contributed by atoms with Crippen molar-refractivity contribution in [1.29, 1.82) is 0 Å². The Morgan fingerprint density at radius 1 is 0.708 bits per heavy atom. The van der Waals surface area contributed by atoms with Gasteiger partial charge in [-0.05, 0) is 0 Å². The minimum Gasteiger partial charge on any atom is -0.358 e. The number of aryl methyl sites for hydroxylation is 4. The first-order valence-corrected chi connectivity index (χ1v) is 7.80. The summed E-state index contributed by atoms with van der Waals surface area (Å²) >= 11 is 0. The normalized spacial score (nSPS) is 11.5. The van der Waals surface area contributed by atoms with Crippen molar-refractivity contribution < 1.29 is 26.2 Å². The van der Waals surface area contributed by atoms with Crippen molar-refractivity contribution >= 4 is 24.8 Å². The van der Waals surface area contributed by atoms with Crippen LogP contribution < -0.4 is 0 Å². The quantitative estimate of drug-likeness (QED) is 0.366. The SMILES string of the molecule is Cc1cc[cH-]c1C.Cc1cc[cH-]c1C.Cl.Cl.[CH-]1CCCCC1.[CH3-].[Zr+4]. The maximum absolute atomic E-state index is 2.39. The largest absolute Gasteiger partial charge is 4.00 e. The summed E-state index contributed by atoms with van der Waals surface area (Å²) in [5, 5.41) is 0. The van der Waals surface area contributed by atoms with E-state index in [1.807, 2.05) is 0 Å². The average Bonchev–Trinajstić information content (AvgIpc) is 3.03. The van der Waals surface area contributed by atoms with Gasteiger partial charge in [0.15, 0.2) is 0 Å². The summed E-state index contributed by atoms with van der Waals surface area (Å²) in [6, 6.07) is 12.6. The second kappa shape index (κ2) is 19.5.